The second kappa shape index (κ2) is 9.42. The van der Waals surface area contributed by atoms with Crippen LogP contribution in [0.25, 0.3) is 38.6 Å². The van der Waals surface area contributed by atoms with Gasteiger partial charge in [-0.1, -0.05) is 97.1 Å². The quantitative estimate of drug-likeness (QED) is 0.235. The number of para-hydroxylation sites is 3. The van der Waals surface area contributed by atoms with Crippen LogP contribution in [0, 0.1) is 0 Å². The number of hydrogen-bond donors (Lipinski definition) is 0. The van der Waals surface area contributed by atoms with Gasteiger partial charge in [0.15, 0.2) is 0 Å². The van der Waals surface area contributed by atoms with Crippen LogP contribution in [0.4, 0.5) is 17.1 Å². The van der Waals surface area contributed by atoms with E-state index in [9.17, 15) is 0 Å². The van der Waals surface area contributed by atoms with E-state index >= 15 is 0 Å². The molecule has 6 aromatic carbocycles. The van der Waals surface area contributed by atoms with Crippen molar-refractivity contribution < 1.29 is 0 Å². The van der Waals surface area contributed by atoms with Crippen molar-refractivity contribution >= 4 is 38.9 Å². The zero-order valence-electron chi connectivity index (χ0n) is 20.9. The Morgan fingerprint density at radius 3 is 1.74 bits per heavy atom. The lowest BCUT2D eigenvalue weighted by molar-refractivity contribution is 1.18. The van der Waals surface area contributed by atoms with Crippen molar-refractivity contribution in [1.29, 1.82) is 0 Å². The predicted octanol–water partition coefficient (Wildman–Crippen LogP) is 9.92. The lowest BCUT2D eigenvalue weighted by atomic mass is 10.0. The van der Waals surface area contributed by atoms with Gasteiger partial charge in [0.2, 0.25) is 0 Å². The summed E-state index contributed by atoms with van der Waals surface area (Å²) in [7, 11) is 0. The molecule has 1 heterocycles. The van der Waals surface area contributed by atoms with Gasteiger partial charge in [-0.05, 0) is 71.8 Å². The Morgan fingerprint density at radius 2 is 0.947 bits per heavy atom. The van der Waals surface area contributed by atoms with Crippen LogP contribution in [0.3, 0.4) is 0 Å². The molecule has 0 unspecified atom stereocenters. The summed E-state index contributed by atoms with van der Waals surface area (Å²) in [5, 5.41) is 2.49. The van der Waals surface area contributed by atoms with Crippen LogP contribution in [-0.2, 0) is 0 Å². The fourth-order valence-electron chi connectivity index (χ4n) is 5.43. The molecule has 0 aliphatic heterocycles. The first-order valence-electron chi connectivity index (χ1n) is 13.0. The maximum absolute atomic E-state index is 2.36. The topological polar surface area (TPSA) is 8.17 Å². The normalized spacial score (nSPS) is 11.2. The molecule has 0 spiro atoms. The highest BCUT2D eigenvalue weighted by atomic mass is 15.1. The lowest BCUT2D eigenvalue weighted by Gasteiger charge is -2.26. The highest BCUT2D eigenvalue weighted by Gasteiger charge is 2.17. The fourth-order valence-corrected chi connectivity index (χ4v) is 5.43. The summed E-state index contributed by atoms with van der Waals surface area (Å²) in [5.74, 6) is 0. The second-order valence-corrected chi connectivity index (χ2v) is 9.48. The molecule has 0 atom stereocenters. The van der Waals surface area contributed by atoms with Crippen LogP contribution in [-0.4, -0.2) is 4.57 Å². The van der Waals surface area contributed by atoms with Gasteiger partial charge in [0.1, 0.15) is 0 Å². The van der Waals surface area contributed by atoms with Crippen molar-refractivity contribution in [1.82, 2.24) is 4.57 Å². The lowest BCUT2D eigenvalue weighted by Crippen LogP contribution is -2.09. The van der Waals surface area contributed by atoms with Gasteiger partial charge in [-0.15, -0.1) is 0 Å². The van der Waals surface area contributed by atoms with E-state index in [1.807, 2.05) is 0 Å². The number of fused-ring (bicyclic) bond motifs is 3. The van der Waals surface area contributed by atoms with Gasteiger partial charge >= 0.3 is 0 Å². The molecule has 1 aromatic heterocycles. The predicted molar refractivity (Wildman–Crippen MR) is 161 cm³/mol. The molecule has 0 fully saturated rings. The Labute approximate surface area is 222 Å². The van der Waals surface area contributed by atoms with Crippen LogP contribution in [0.1, 0.15) is 0 Å². The van der Waals surface area contributed by atoms with Crippen molar-refractivity contribution in [2.75, 3.05) is 4.90 Å². The van der Waals surface area contributed by atoms with Gasteiger partial charge in [-0.25, -0.2) is 0 Å². The molecule has 0 N–H and O–H groups in total. The average Bonchev–Trinajstić information content (AvgIpc) is 3.33. The standard InChI is InChI=1S/C36H26N2/c1-4-13-27(14-5-1)28-15-12-20-31(25-28)37(29-16-6-2-7-17-29)32-23-24-36-34(26-32)33-21-10-11-22-35(33)38(36)30-18-8-3-9-19-30/h1-26H. The Hall–Kier alpha value is -5.08. The van der Waals surface area contributed by atoms with Crippen LogP contribution in [0.15, 0.2) is 158 Å². The molecule has 0 radical (unpaired) electrons. The molecule has 0 saturated carbocycles. The number of nitrogens with zero attached hydrogens (tertiary/aromatic N) is 2. The average molecular weight is 487 g/mol. The van der Waals surface area contributed by atoms with E-state index < -0.39 is 0 Å². The SMILES string of the molecule is c1ccc(-c2cccc(N(c3ccccc3)c3ccc4c(c3)c3ccccc3n4-c3ccccc3)c2)cc1. The summed E-state index contributed by atoms with van der Waals surface area (Å²) in [6.45, 7) is 0. The minimum absolute atomic E-state index is 1.13. The van der Waals surface area contributed by atoms with E-state index in [0.29, 0.717) is 0 Å². The van der Waals surface area contributed by atoms with Crippen LogP contribution in [0.2, 0.25) is 0 Å². The molecule has 2 nitrogen and oxygen atoms in total. The third-order valence-electron chi connectivity index (χ3n) is 7.15. The van der Waals surface area contributed by atoms with Crippen molar-refractivity contribution in [3.63, 3.8) is 0 Å². The van der Waals surface area contributed by atoms with Crippen LogP contribution >= 0.6 is 0 Å². The molecule has 0 amide bonds. The molecule has 0 aliphatic rings. The first-order chi connectivity index (χ1) is 18.9. The largest absolute Gasteiger partial charge is 0.310 e. The zero-order chi connectivity index (χ0) is 25.3. The zero-order valence-corrected chi connectivity index (χ0v) is 20.9. The Morgan fingerprint density at radius 1 is 0.368 bits per heavy atom. The Bertz CT molecular complexity index is 1850. The van der Waals surface area contributed by atoms with E-state index in [1.54, 1.807) is 0 Å². The Balaban J connectivity index is 1.45. The number of aromatic nitrogens is 1. The fraction of sp³-hybridized carbons (Fsp3) is 0. The summed E-state index contributed by atoms with van der Waals surface area (Å²) in [6.07, 6.45) is 0. The molecule has 0 saturated heterocycles. The number of rotatable bonds is 5. The summed E-state index contributed by atoms with van der Waals surface area (Å²) in [4.78, 5) is 2.35. The van der Waals surface area contributed by atoms with Gasteiger partial charge in [0.05, 0.1) is 11.0 Å². The van der Waals surface area contributed by atoms with Crippen LogP contribution in [0.5, 0.6) is 0 Å². The van der Waals surface area contributed by atoms with Crippen LogP contribution < -0.4 is 4.90 Å². The van der Waals surface area contributed by atoms with Crippen molar-refractivity contribution in [2.45, 2.75) is 0 Å². The summed E-state index contributed by atoms with van der Waals surface area (Å²) < 4.78 is 2.36. The van der Waals surface area contributed by atoms with Gasteiger partial charge in [0, 0.05) is 33.5 Å². The second-order valence-electron chi connectivity index (χ2n) is 9.48. The first-order valence-corrected chi connectivity index (χ1v) is 13.0. The minimum atomic E-state index is 1.13. The Kier molecular flexibility index (Phi) is 5.49. The molecule has 0 bridgehead atoms. The number of hydrogen-bond acceptors (Lipinski definition) is 1. The highest BCUT2D eigenvalue weighted by molar-refractivity contribution is 6.10. The van der Waals surface area contributed by atoms with E-state index in [0.717, 1.165) is 17.1 Å². The van der Waals surface area contributed by atoms with Gasteiger partial charge < -0.3 is 9.47 Å². The molecule has 38 heavy (non-hydrogen) atoms. The molecule has 7 aromatic rings. The maximum Gasteiger partial charge on any atom is 0.0542 e. The van der Waals surface area contributed by atoms with Crippen molar-refractivity contribution in [3.8, 4) is 16.8 Å². The molecule has 0 aliphatic carbocycles. The summed E-state index contributed by atoms with van der Waals surface area (Å²) in [5.41, 5.74) is 9.38. The molecule has 180 valence electrons. The third kappa shape index (κ3) is 3.84. The smallest absolute Gasteiger partial charge is 0.0542 e. The van der Waals surface area contributed by atoms with E-state index in [1.165, 1.54) is 38.6 Å². The van der Waals surface area contributed by atoms with Crippen molar-refractivity contribution in [3.05, 3.63) is 158 Å². The van der Waals surface area contributed by atoms with Gasteiger partial charge in [-0.3, -0.25) is 0 Å². The summed E-state index contributed by atoms with van der Waals surface area (Å²) in [6, 6.07) is 56.1. The van der Waals surface area contributed by atoms with E-state index in [-0.39, 0.29) is 0 Å². The number of anilines is 3. The van der Waals surface area contributed by atoms with Gasteiger partial charge in [0.25, 0.3) is 0 Å². The minimum Gasteiger partial charge on any atom is -0.310 e. The highest BCUT2D eigenvalue weighted by Crippen LogP contribution is 2.40. The summed E-state index contributed by atoms with van der Waals surface area (Å²) >= 11 is 0. The molecule has 7 rings (SSSR count). The van der Waals surface area contributed by atoms with Crippen molar-refractivity contribution in [2.24, 2.45) is 0 Å². The van der Waals surface area contributed by atoms with E-state index in [4.69, 9.17) is 0 Å². The molecular weight excluding hydrogens is 460 g/mol. The van der Waals surface area contributed by atoms with Gasteiger partial charge in [-0.2, -0.15) is 0 Å². The third-order valence-corrected chi connectivity index (χ3v) is 7.15. The van der Waals surface area contributed by atoms with E-state index in [2.05, 4.69) is 167 Å². The number of benzene rings is 6. The molecule has 2 heteroatoms. The first kappa shape index (κ1) is 22.1. The maximum atomic E-state index is 2.36. The monoisotopic (exact) mass is 486 g/mol. The molecular formula is C36H26N2.